The van der Waals surface area contributed by atoms with Crippen LogP contribution in [0.2, 0.25) is 0 Å². The van der Waals surface area contributed by atoms with E-state index < -0.39 is 11.4 Å². The largest absolute Gasteiger partial charge is 0.497 e. The number of benzene rings is 3. The molecule has 5 nitrogen and oxygen atoms in total. The van der Waals surface area contributed by atoms with Gasteiger partial charge in [-0.25, -0.2) is 4.79 Å². The number of methoxy groups -OCH3 is 1. The topological polar surface area (TPSA) is 65.7 Å². The summed E-state index contributed by atoms with van der Waals surface area (Å²) in [5.74, 6) is 0.0436. The van der Waals surface area contributed by atoms with E-state index in [1.807, 2.05) is 44.2 Å². The number of aryl methyl sites for hydroxylation is 2. The van der Waals surface area contributed by atoms with E-state index in [-0.39, 0.29) is 16.9 Å². The zero-order chi connectivity index (χ0) is 26.0. The monoisotopic (exact) mass is 482 g/mol. The first-order valence-corrected chi connectivity index (χ1v) is 11.8. The van der Waals surface area contributed by atoms with Crippen molar-refractivity contribution in [1.82, 2.24) is 0 Å². The van der Waals surface area contributed by atoms with Crippen LogP contribution in [-0.4, -0.2) is 13.1 Å². The summed E-state index contributed by atoms with van der Waals surface area (Å²) in [6, 6.07) is 18.7. The Morgan fingerprint density at radius 1 is 0.944 bits per heavy atom. The summed E-state index contributed by atoms with van der Waals surface area (Å²) in [7, 11) is 1.58. The highest BCUT2D eigenvalue weighted by Crippen LogP contribution is 2.33. The molecule has 184 valence electrons. The highest BCUT2D eigenvalue weighted by molar-refractivity contribution is 5.91. The maximum atomic E-state index is 13.5. The van der Waals surface area contributed by atoms with Gasteiger partial charge in [-0.2, -0.15) is 0 Å². The summed E-state index contributed by atoms with van der Waals surface area (Å²) in [6.45, 7) is 10.2. The van der Waals surface area contributed by atoms with Crippen LogP contribution in [0.5, 0.6) is 11.5 Å². The van der Waals surface area contributed by atoms with Gasteiger partial charge in [-0.05, 0) is 77.9 Å². The molecule has 0 saturated heterocycles. The van der Waals surface area contributed by atoms with Gasteiger partial charge in [0, 0.05) is 11.6 Å². The summed E-state index contributed by atoms with van der Waals surface area (Å²) in [6.07, 6.45) is 2.98. The zero-order valence-electron chi connectivity index (χ0n) is 21.5. The average Bonchev–Trinajstić information content (AvgIpc) is 2.84. The van der Waals surface area contributed by atoms with Crippen LogP contribution in [0.1, 0.15) is 43.0 Å². The Kier molecular flexibility index (Phi) is 6.84. The van der Waals surface area contributed by atoms with Gasteiger partial charge >= 0.3 is 5.97 Å². The Labute approximate surface area is 211 Å². The Hall–Kier alpha value is -4.12. The lowest BCUT2D eigenvalue weighted by Crippen LogP contribution is -2.14. The standard InChI is InChI=1S/C31H30O5/c1-19-17-20(2)28-25(18-19)27(33)30(29(36-28)22-10-14-24(34-6)15-11-22)35-26(32)16-9-21-7-12-23(13-8-21)31(3,4)5/h7-18H,1-6H3/b16-9+. The molecule has 0 radical (unpaired) electrons. The molecule has 0 aliphatic carbocycles. The molecular weight excluding hydrogens is 452 g/mol. The number of ether oxygens (including phenoxy) is 2. The van der Waals surface area contributed by atoms with Gasteiger partial charge in [0.1, 0.15) is 11.3 Å². The van der Waals surface area contributed by atoms with E-state index >= 15 is 0 Å². The number of carbonyl (C=O) groups excluding carboxylic acids is 1. The van der Waals surface area contributed by atoms with Crippen molar-refractivity contribution in [3.8, 4) is 22.8 Å². The van der Waals surface area contributed by atoms with Gasteiger partial charge in [0.05, 0.1) is 12.5 Å². The molecule has 0 N–H and O–H groups in total. The Bertz CT molecular complexity index is 1500. The lowest BCUT2D eigenvalue weighted by atomic mass is 9.87. The van der Waals surface area contributed by atoms with Crippen LogP contribution in [0.3, 0.4) is 0 Å². The molecule has 0 unspecified atom stereocenters. The normalized spacial score (nSPS) is 11.7. The summed E-state index contributed by atoms with van der Waals surface area (Å²) in [5, 5.41) is 0.370. The molecule has 0 saturated carbocycles. The molecule has 1 aromatic heterocycles. The number of hydrogen-bond donors (Lipinski definition) is 0. The van der Waals surface area contributed by atoms with E-state index in [2.05, 4.69) is 20.8 Å². The second-order valence-electron chi connectivity index (χ2n) is 9.90. The van der Waals surface area contributed by atoms with Crippen LogP contribution in [0.4, 0.5) is 0 Å². The number of esters is 1. The summed E-state index contributed by atoms with van der Waals surface area (Å²) in [4.78, 5) is 26.3. The van der Waals surface area contributed by atoms with Crippen molar-refractivity contribution in [2.75, 3.05) is 7.11 Å². The third-order valence-corrected chi connectivity index (χ3v) is 6.02. The van der Waals surface area contributed by atoms with Crippen molar-refractivity contribution in [2.24, 2.45) is 0 Å². The minimum atomic E-state index is -0.666. The average molecular weight is 483 g/mol. The Morgan fingerprint density at radius 3 is 2.22 bits per heavy atom. The predicted molar refractivity (Wildman–Crippen MR) is 144 cm³/mol. The maximum Gasteiger partial charge on any atom is 0.336 e. The molecule has 3 aromatic carbocycles. The summed E-state index contributed by atoms with van der Waals surface area (Å²) in [5.41, 5.74) is 4.50. The zero-order valence-corrected chi connectivity index (χ0v) is 21.5. The van der Waals surface area contributed by atoms with E-state index in [9.17, 15) is 9.59 Å². The number of rotatable bonds is 5. The molecule has 36 heavy (non-hydrogen) atoms. The van der Waals surface area contributed by atoms with Crippen molar-refractivity contribution in [2.45, 2.75) is 40.0 Å². The molecule has 1 heterocycles. The molecule has 5 heteroatoms. The van der Waals surface area contributed by atoms with E-state index in [1.54, 1.807) is 43.5 Å². The predicted octanol–water partition coefficient (Wildman–Crippen LogP) is 7.00. The van der Waals surface area contributed by atoms with E-state index in [0.29, 0.717) is 22.3 Å². The van der Waals surface area contributed by atoms with Gasteiger partial charge in [-0.1, -0.05) is 51.1 Å². The molecule has 0 fully saturated rings. The highest BCUT2D eigenvalue weighted by Gasteiger charge is 2.21. The van der Waals surface area contributed by atoms with Crippen molar-refractivity contribution < 1.29 is 18.7 Å². The van der Waals surface area contributed by atoms with Crippen LogP contribution in [-0.2, 0) is 10.2 Å². The molecule has 0 spiro atoms. The molecule has 0 amide bonds. The number of hydrogen-bond acceptors (Lipinski definition) is 5. The molecule has 0 atom stereocenters. The first-order chi connectivity index (χ1) is 17.1. The van der Waals surface area contributed by atoms with Gasteiger partial charge in [-0.3, -0.25) is 4.79 Å². The van der Waals surface area contributed by atoms with Crippen LogP contribution in [0, 0.1) is 13.8 Å². The van der Waals surface area contributed by atoms with Gasteiger partial charge in [0.2, 0.25) is 11.2 Å². The third kappa shape index (κ3) is 5.25. The number of fused-ring (bicyclic) bond motifs is 1. The molecule has 0 aliphatic rings. The smallest absolute Gasteiger partial charge is 0.336 e. The molecule has 0 bridgehead atoms. The fourth-order valence-electron chi connectivity index (χ4n) is 4.05. The second-order valence-corrected chi connectivity index (χ2v) is 9.90. The lowest BCUT2D eigenvalue weighted by molar-refractivity contribution is -0.129. The maximum absolute atomic E-state index is 13.5. The second kappa shape index (κ2) is 9.86. The van der Waals surface area contributed by atoms with Crippen molar-refractivity contribution in [3.63, 3.8) is 0 Å². The molecule has 4 aromatic rings. The van der Waals surface area contributed by atoms with Crippen molar-refractivity contribution in [1.29, 1.82) is 0 Å². The first kappa shape index (κ1) is 25.0. The van der Waals surface area contributed by atoms with E-state index in [1.165, 1.54) is 11.6 Å². The highest BCUT2D eigenvalue weighted by atomic mass is 16.5. The Morgan fingerprint density at radius 2 is 1.61 bits per heavy atom. The fraction of sp³-hybridized carbons (Fsp3) is 0.226. The van der Waals surface area contributed by atoms with Gasteiger partial charge in [0.15, 0.2) is 5.76 Å². The van der Waals surface area contributed by atoms with Crippen LogP contribution in [0.25, 0.3) is 28.4 Å². The Balaban J connectivity index is 1.73. The van der Waals surface area contributed by atoms with Crippen LogP contribution >= 0.6 is 0 Å². The van der Waals surface area contributed by atoms with Gasteiger partial charge < -0.3 is 13.9 Å². The SMILES string of the molecule is COc1ccc(-c2oc3c(C)cc(C)cc3c(=O)c2OC(=O)/C=C/c2ccc(C(C)(C)C)cc2)cc1. The van der Waals surface area contributed by atoms with Crippen LogP contribution < -0.4 is 14.9 Å². The van der Waals surface area contributed by atoms with Gasteiger partial charge in [-0.15, -0.1) is 0 Å². The molecule has 0 aliphatic heterocycles. The van der Waals surface area contributed by atoms with Crippen molar-refractivity contribution in [3.05, 3.63) is 99.2 Å². The quantitative estimate of drug-likeness (QED) is 0.226. The first-order valence-electron chi connectivity index (χ1n) is 11.8. The summed E-state index contributed by atoms with van der Waals surface area (Å²) < 4.78 is 17.0. The fourth-order valence-corrected chi connectivity index (χ4v) is 4.05. The van der Waals surface area contributed by atoms with Gasteiger partial charge in [0.25, 0.3) is 0 Å². The van der Waals surface area contributed by atoms with E-state index in [0.717, 1.165) is 16.7 Å². The van der Waals surface area contributed by atoms with Crippen molar-refractivity contribution >= 4 is 23.0 Å². The lowest BCUT2D eigenvalue weighted by Gasteiger charge is -2.18. The van der Waals surface area contributed by atoms with E-state index in [4.69, 9.17) is 13.9 Å². The third-order valence-electron chi connectivity index (χ3n) is 6.02. The minimum Gasteiger partial charge on any atom is -0.497 e. The number of carbonyl (C=O) groups is 1. The molecular formula is C31H30O5. The van der Waals surface area contributed by atoms with Crippen LogP contribution in [0.15, 0.2) is 76.0 Å². The minimum absolute atomic E-state index is 0.0415. The summed E-state index contributed by atoms with van der Waals surface area (Å²) >= 11 is 0. The molecule has 4 rings (SSSR count).